The van der Waals surface area contributed by atoms with Crippen molar-refractivity contribution in [1.29, 1.82) is 0 Å². The SMILES string of the molecule is CCc1cccc(C)c1NC(=S)NC(=O)c1ccc(OC(C)CC)cc1. The fourth-order valence-electron chi connectivity index (χ4n) is 2.52. The zero-order chi connectivity index (χ0) is 19.1. The van der Waals surface area contributed by atoms with E-state index >= 15 is 0 Å². The van der Waals surface area contributed by atoms with Crippen LogP contribution in [0.25, 0.3) is 0 Å². The van der Waals surface area contributed by atoms with Crippen molar-refractivity contribution in [1.82, 2.24) is 5.32 Å². The molecule has 1 unspecified atom stereocenters. The fraction of sp³-hybridized carbons (Fsp3) is 0.333. The Morgan fingerprint density at radius 2 is 1.85 bits per heavy atom. The highest BCUT2D eigenvalue weighted by atomic mass is 32.1. The van der Waals surface area contributed by atoms with Gasteiger partial charge in [0.15, 0.2) is 5.11 Å². The highest BCUT2D eigenvalue weighted by Crippen LogP contribution is 2.21. The lowest BCUT2D eigenvalue weighted by molar-refractivity contribution is 0.0977. The Kier molecular flexibility index (Phi) is 7.16. The summed E-state index contributed by atoms with van der Waals surface area (Å²) in [5, 5.41) is 6.18. The van der Waals surface area contributed by atoms with Crippen molar-refractivity contribution in [3.8, 4) is 5.75 Å². The number of carbonyl (C=O) groups excluding carboxylic acids is 1. The molecule has 1 atom stereocenters. The molecule has 0 aliphatic carbocycles. The van der Waals surface area contributed by atoms with E-state index in [1.807, 2.05) is 26.0 Å². The summed E-state index contributed by atoms with van der Waals surface area (Å²) in [4.78, 5) is 12.4. The molecule has 0 saturated carbocycles. The average Bonchev–Trinajstić information content (AvgIpc) is 2.63. The molecule has 2 N–H and O–H groups in total. The van der Waals surface area contributed by atoms with Crippen molar-refractivity contribution in [2.45, 2.75) is 46.6 Å². The van der Waals surface area contributed by atoms with Gasteiger partial charge in [0.2, 0.25) is 0 Å². The van der Waals surface area contributed by atoms with Gasteiger partial charge in [-0.05, 0) is 74.3 Å². The van der Waals surface area contributed by atoms with Gasteiger partial charge >= 0.3 is 0 Å². The Morgan fingerprint density at radius 1 is 1.15 bits per heavy atom. The highest BCUT2D eigenvalue weighted by Gasteiger charge is 2.11. The third-order valence-corrected chi connectivity index (χ3v) is 4.44. The zero-order valence-corrected chi connectivity index (χ0v) is 16.6. The van der Waals surface area contributed by atoms with E-state index in [1.165, 1.54) is 0 Å². The van der Waals surface area contributed by atoms with E-state index in [9.17, 15) is 4.79 Å². The van der Waals surface area contributed by atoms with Gasteiger partial charge in [-0.3, -0.25) is 10.1 Å². The van der Waals surface area contributed by atoms with Gasteiger partial charge in [-0.25, -0.2) is 0 Å². The third kappa shape index (κ3) is 5.30. The molecular formula is C21H26N2O2S. The number of thiocarbonyl (C=S) groups is 1. The predicted octanol–water partition coefficient (Wildman–Crippen LogP) is 4.86. The molecule has 2 aromatic carbocycles. The Hall–Kier alpha value is -2.40. The molecule has 0 aliphatic rings. The molecule has 1 amide bonds. The summed E-state index contributed by atoms with van der Waals surface area (Å²) in [6.45, 7) is 8.19. The van der Waals surface area contributed by atoms with Crippen molar-refractivity contribution in [3.63, 3.8) is 0 Å². The molecule has 2 rings (SSSR count). The standard InChI is InChI=1S/C21H26N2O2S/c1-5-15(4)25-18-12-10-17(11-13-18)20(24)23-21(26)22-19-14(3)8-7-9-16(19)6-2/h7-13,15H,5-6H2,1-4H3,(H2,22,23,24,26). The zero-order valence-electron chi connectivity index (χ0n) is 15.8. The van der Waals surface area contributed by atoms with Crippen LogP contribution in [0.3, 0.4) is 0 Å². The van der Waals surface area contributed by atoms with Crippen molar-refractivity contribution in [2.24, 2.45) is 0 Å². The molecule has 0 spiro atoms. The maximum Gasteiger partial charge on any atom is 0.257 e. The second-order valence-electron chi connectivity index (χ2n) is 6.23. The van der Waals surface area contributed by atoms with Crippen LogP contribution < -0.4 is 15.4 Å². The lowest BCUT2D eigenvalue weighted by Crippen LogP contribution is -2.34. The van der Waals surface area contributed by atoms with E-state index in [2.05, 4.69) is 30.5 Å². The predicted molar refractivity (Wildman–Crippen MR) is 111 cm³/mol. The van der Waals surface area contributed by atoms with Crippen LogP contribution in [-0.2, 0) is 6.42 Å². The van der Waals surface area contributed by atoms with E-state index in [4.69, 9.17) is 17.0 Å². The Bertz CT molecular complexity index is 772. The van der Waals surface area contributed by atoms with Gasteiger partial charge < -0.3 is 10.1 Å². The largest absolute Gasteiger partial charge is 0.491 e. The average molecular weight is 371 g/mol. The van der Waals surface area contributed by atoms with Crippen molar-refractivity contribution >= 4 is 28.9 Å². The van der Waals surface area contributed by atoms with Gasteiger partial charge in [-0.2, -0.15) is 0 Å². The van der Waals surface area contributed by atoms with E-state index in [-0.39, 0.29) is 12.0 Å². The summed E-state index contributed by atoms with van der Waals surface area (Å²) in [6.07, 6.45) is 1.97. The van der Waals surface area contributed by atoms with E-state index in [0.29, 0.717) is 10.7 Å². The first-order valence-corrected chi connectivity index (χ1v) is 9.33. The monoisotopic (exact) mass is 370 g/mol. The number of hydrogen-bond acceptors (Lipinski definition) is 3. The molecule has 138 valence electrons. The first-order chi connectivity index (χ1) is 12.4. The molecule has 0 fully saturated rings. The van der Waals surface area contributed by atoms with Crippen LogP contribution in [-0.4, -0.2) is 17.1 Å². The molecule has 5 heteroatoms. The summed E-state index contributed by atoms with van der Waals surface area (Å²) in [5.74, 6) is 0.508. The molecule has 0 aliphatic heterocycles. The van der Waals surface area contributed by atoms with Crippen molar-refractivity contribution in [2.75, 3.05) is 5.32 Å². The number of carbonyl (C=O) groups is 1. The van der Waals surface area contributed by atoms with Crippen LogP contribution in [0.2, 0.25) is 0 Å². The minimum Gasteiger partial charge on any atom is -0.491 e. The van der Waals surface area contributed by atoms with Crippen LogP contribution >= 0.6 is 12.2 Å². The number of amides is 1. The van der Waals surface area contributed by atoms with E-state index < -0.39 is 0 Å². The summed E-state index contributed by atoms with van der Waals surface area (Å²) in [7, 11) is 0. The van der Waals surface area contributed by atoms with Gasteiger partial charge in [-0.1, -0.05) is 32.0 Å². The number of anilines is 1. The highest BCUT2D eigenvalue weighted by molar-refractivity contribution is 7.80. The quantitative estimate of drug-likeness (QED) is 0.713. The molecule has 0 heterocycles. The number of rotatable bonds is 6. The molecule has 2 aromatic rings. The van der Waals surface area contributed by atoms with Crippen LogP contribution in [0.5, 0.6) is 5.75 Å². The number of nitrogens with one attached hydrogen (secondary N) is 2. The lowest BCUT2D eigenvalue weighted by atomic mass is 10.1. The van der Waals surface area contributed by atoms with Gasteiger partial charge in [0.25, 0.3) is 5.91 Å². The fourth-order valence-corrected chi connectivity index (χ4v) is 2.72. The van der Waals surface area contributed by atoms with E-state index in [0.717, 1.165) is 35.4 Å². The molecule has 26 heavy (non-hydrogen) atoms. The summed E-state index contributed by atoms with van der Waals surface area (Å²) < 4.78 is 5.73. The van der Waals surface area contributed by atoms with Gasteiger partial charge in [-0.15, -0.1) is 0 Å². The van der Waals surface area contributed by atoms with Gasteiger partial charge in [0.1, 0.15) is 5.75 Å². The minimum atomic E-state index is -0.246. The minimum absolute atomic E-state index is 0.147. The number of ether oxygens (including phenoxy) is 1. The number of benzene rings is 2. The van der Waals surface area contributed by atoms with Crippen LogP contribution in [0.1, 0.15) is 48.7 Å². The number of hydrogen-bond donors (Lipinski definition) is 2. The van der Waals surface area contributed by atoms with Crippen LogP contribution in [0.4, 0.5) is 5.69 Å². The first-order valence-electron chi connectivity index (χ1n) is 8.92. The molecule has 0 saturated heterocycles. The summed E-state index contributed by atoms with van der Waals surface area (Å²) in [6, 6.07) is 13.2. The smallest absolute Gasteiger partial charge is 0.257 e. The number of para-hydroxylation sites is 1. The maximum absolute atomic E-state index is 12.4. The maximum atomic E-state index is 12.4. The van der Waals surface area contributed by atoms with Crippen LogP contribution in [0.15, 0.2) is 42.5 Å². The Labute approximate surface area is 161 Å². The molecule has 0 aromatic heterocycles. The van der Waals surface area contributed by atoms with Gasteiger partial charge in [0, 0.05) is 11.3 Å². The van der Waals surface area contributed by atoms with Gasteiger partial charge in [0.05, 0.1) is 6.10 Å². The number of aryl methyl sites for hydroxylation is 2. The Balaban J connectivity index is 2.00. The Morgan fingerprint density at radius 3 is 2.46 bits per heavy atom. The topological polar surface area (TPSA) is 50.4 Å². The van der Waals surface area contributed by atoms with E-state index in [1.54, 1.807) is 24.3 Å². The normalized spacial score (nSPS) is 11.5. The van der Waals surface area contributed by atoms with Crippen molar-refractivity contribution < 1.29 is 9.53 Å². The van der Waals surface area contributed by atoms with Crippen molar-refractivity contribution in [3.05, 3.63) is 59.2 Å². The lowest BCUT2D eigenvalue weighted by Gasteiger charge is -2.15. The molecular weight excluding hydrogens is 344 g/mol. The third-order valence-electron chi connectivity index (χ3n) is 4.23. The summed E-state index contributed by atoms with van der Waals surface area (Å²) in [5.41, 5.74) is 3.74. The first kappa shape index (κ1) is 19.9. The van der Waals surface area contributed by atoms with Crippen LogP contribution in [0, 0.1) is 6.92 Å². The molecule has 0 bridgehead atoms. The molecule has 4 nitrogen and oxygen atoms in total. The second-order valence-corrected chi connectivity index (χ2v) is 6.64. The second kappa shape index (κ2) is 9.34. The summed E-state index contributed by atoms with van der Waals surface area (Å²) >= 11 is 5.31. The molecule has 0 radical (unpaired) electrons.